The van der Waals surface area contributed by atoms with Gasteiger partial charge in [-0.1, -0.05) is 32.4 Å². The van der Waals surface area contributed by atoms with Crippen molar-refractivity contribution in [3.63, 3.8) is 0 Å². The fraction of sp³-hybridized carbons (Fsp3) is 0.824. The van der Waals surface area contributed by atoms with E-state index in [1.54, 1.807) is 5.57 Å². The van der Waals surface area contributed by atoms with Crippen molar-refractivity contribution in [1.29, 1.82) is 0 Å². The summed E-state index contributed by atoms with van der Waals surface area (Å²) in [4.78, 5) is 10.9. The summed E-state index contributed by atoms with van der Waals surface area (Å²) in [6, 6.07) is 0. The first-order valence-corrected chi connectivity index (χ1v) is 7.65. The highest BCUT2D eigenvalue weighted by Crippen LogP contribution is 2.53. The van der Waals surface area contributed by atoms with Crippen molar-refractivity contribution in [2.75, 3.05) is 6.61 Å². The second-order valence-corrected chi connectivity index (χ2v) is 7.48. The molecule has 108 valence electrons. The first-order chi connectivity index (χ1) is 8.82. The van der Waals surface area contributed by atoms with E-state index in [4.69, 9.17) is 4.74 Å². The Morgan fingerprint density at radius 1 is 1.37 bits per heavy atom. The van der Waals surface area contributed by atoms with Gasteiger partial charge in [-0.3, -0.25) is 4.79 Å². The zero-order valence-electron chi connectivity index (χ0n) is 12.9. The van der Waals surface area contributed by atoms with Crippen molar-refractivity contribution in [2.45, 2.75) is 66.2 Å². The number of ether oxygens (including phenoxy) is 1. The maximum atomic E-state index is 10.9. The Morgan fingerprint density at radius 2 is 2.11 bits per heavy atom. The van der Waals surface area contributed by atoms with Crippen LogP contribution in [0.3, 0.4) is 0 Å². The predicted molar refractivity (Wildman–Crippen MR) is 77.8 cm³/mol. The Bertz CT molecular complexity index is 381. The molecule has 19 heavy (non-hydrogen) atoms. The summed E-state index contributed by atoms with van der Waals surface area (Å²) in [5.74, 6) is 0.623. The number of esters is 1. The van der Waals surface area contributed by atoms with E-state index in [9.17, 15) is 4.79 Å². The second kappa shape index (κ2) is 5.30. The average Bonchev–Trinajstić information content (AvgIpc) is 2.27. The van der Waals surface area contributed by atoms with E-state index in [1.807, 2.05) is 0 Å². The zero-order valence-corrected chi connectivity index (χ0v) is 12.9. The van der Waals surface area contributed by atoms with Crippen LogP contribution >= 0.6 is 0 Å². The highest BCUT2D eigenvalue weighted by Gasteiger charge is 2.41. The molecule has 2 rings (SSSR count). The molecule has 1 saturated carbocycles. The highest BCUT2D eigenvalue weighted by molar-refractivity contribution is 5.65. The summed E-state index contributed by atoms with van der Waals surface area (Å²) in [6.07, 6.45) is 9.80. The Balaban J connectivity index is 1.98. The van der Waals surface area contributed by atoms with Crippen LogP contribution in [0.4, 0.5) is 0 Å². The van der Waals surface area contributed by atoms with Gasteiger partial charge in [0.2, 0.25) is 0 Å². The minimum atomic E-state index is -0.157. The normalized spacial score (nSPS) is 33.3. The smallest absolute Gasteiger partial charge is 0.302 e. The van der Waals surface area contributed by atoms with Gasteiger partial charge in [-0.05, 0) is 55.3 Å². The molecule has 0 aromatic rings. The van der Waals surface area contributed by atoms with Crippen molar-refractivity contribution >= 4 is 5.97 Å². The number of carbonyl (C=O) groups excluding carboxylic acids is 1. The van der Waals surface area contributed by atoms with Crippen molar-refractivity contribution in [1.82, 2.24) is 0 Å². The summed E-state index contributed by atoms with van der Waals surface area (Å²) in [5.41, 5.74) is 2.47. The van der Waals surface area contributed by atoms with Crippen LogP contribution in [0.5, 0.6) is 0 Å². The molecule has 0 unspecified atom stereocenters. The lowest BCUT2D eigenvalue weighted by Crippen LogP contribution is -2.36. The van der Waals surface area contributed by atoms with E-state index in [1.165, 1.54) is 39.0 Å². The van der Waals surface area contributed by atoms with Crippen LogP contribution in [0.15, 0.2) is 11.6 Å². The number of hydrogen-bond donors (Lipinski definition) is 0. The number of hydrogen-bond acceptors (Lipinski definition) is 2. The minimum absolute atomic E-state index is 0.157. The standard InChI is InChI=1S/C17H28O2/c1-13(18)19-11-10-17(4)9-7-15-14(12-17)6-5-8-16(15,2)3/h6,15H,5,7-12H2,1-4H3/t15-,17-/m1/s1. The lowest BCUT2D eigenvalue weighted by atomic mass is 9.58. The van der Waals surface area contributed by atoms with Gasteiger partial charge in [-0.2, -0.15) is 0 Å². The van der Waals surface area contributed by atoms with Crippen LogP contribution in [0.1, 0.15) is 66.2 Å². The summed E-state index contributed by atoms with van der Waals surface area (Å²) in [7, 11) is 0. The largest absolute Gasteiger partial charge is 0.466 e. The van der Waals surface area contributed by atoms with Crippen LogP contribution < -0.4 is 0 Å². The fourth-order valence-corrected chi connectivity index (χ4v) is 3.95. The monoisotopic (exact) mass is 264 g/mol. The topological polar surface area (TPSA) is 26.3 Å². The van der Waals surface area contributed by atoms with Gasteiger partial charge in [0, 0.05) is 6.92 Å². The van der Waals surface area contributed by atoms with Gasteiger partial charge < -0.3 is 4.74 Å². The van der Waals surface area contributed by atoms with E-state index in [0.717, 1.165) is 12.3 Å². The fourth-order valence-electron chi connectivity index (χ4n) is 3.95. The highest BCUT2D eigenvalue weighted by atomic mass is 16.5. The molecule has 1 fully saturated rings. The molecule has 0 N–H and O–H groups in total. The number of carbonyl (C=O) groups is 1. The summed E-state index contributed by atoms with van der Waals surface area (Å²) in [5, 5.41) is 0. The summed E-state index contributed by atoms with van der Waals surface area (Å²) >= 11 is 0. The quantitative estimate of drug-likeness (QED) is 0.554. The average molecular weight is 264 g/mol. The SMILES string of the molecule is CC(=O)OCC[C@@]1(C)CC[C@@H]2C(=CCCC2(C)C)C1. The van der Waals surface area contributed by atoms with Crippen molar-refractivity contribution in [2.24, 2.45) is 16.7 Å². The van der Waals surface area contributed by atoms with Gasteiger partial charge >= 0.3 is 5.97 Å². The molecule has 0 bridgehead atoms. The first-order valence-electron chi connectivity index (χ1n) is 7.65. The maximum absolute atomic E-state index is 10.9. The second-order valence-electron chi connectivity index (χ2n) is 7.48. The van der Waals surface area contributed by atoms with Gasteiger partial charge in [-0.25, -0.2) is 0 Å². The molecule has 0 aromatic carbocycles. The van der Waals surface area contributed by atoms with Crippen molar-refractivity contribution in [3.05, 3.63) is 11.6 Å². The third-order valence-electron chi connectivity index (χ3n) is 5.26. The number of rotatable bonds is 3. The van der Waals surface area contributed by atoms with Crippen LogP contribution in [0, 0.1) is 16.7 Å². The molecule has 2 heteroatoms. The molecule has 0 aliphatic heterocycles. The van der Waals surface area contributed by atoms with Crippen LogP contribution in [-0.2, 0) is 9.53 Å². The lowest BCUT2D eigenvalue weighted by Gasteiger charge is -2.47. The molecular weight excluding hydrogens is 236 g/mol. The molecule has 0 amide bonds. The Morgan fingerprint density at radius 3 is 2.79 bits per heavy atom. The van der Waals surface area contributed by atoms with E-state index >= 15 is 0 Å². The zero-order chi connectivity index (χ0) is 14.1. The Hall–Kier alpha value is -0.790. The van der Waals surface area contributed by atoms with Gasteiger partial charge in [-0.15, -0.1) is 0 Å². The van der Waals surface area contributed by atoms with E-state index in [0.29, 0.717) is 17.4 Å². The molecule has 2 aliphatic rings. The molecule has 2 atom stereocenters. The Labute approximate surface area is 117 Å². The number of allylic oxidation sites excluding steroid dienone is 2. The molecule has 2 aliphatic carbocycles. The Kier molecular flexibility index (Phi) is 4.08. The molecular formula is C17H28O2. The number of fused-ring (bicyclic) bond motifs is 1. The molecule has 2 nitrogen and oxygen atoms in total. The van der Waals surface area contributed by atoms with Gasteiger partial charge in [0.25, 0.3) is 0 Å². The van der Waals surface area contributed by atoms with Gasteiger partial charge in [0.15, 0.2) is 0 Å². The lowest BCUT2D eigenvalue weighted by molar-refractivity contribution is -0.141. The minimum Gasteiger partial charge on any atom is -0.466 e. The summed E-state index contributed by atoms with van der Waals surface area (Å²) < 4.78 is 5.13. The van der Waals surface area contributed by atoms with Gasteiger partial charge in [0.05, 0.1) is 6.61 Å². The van der Waals surface area contributed by atoms with Crippen LogP contribution in [0.2, 0.25) is 0 Å². The molecule has 0 radical (unpaired) electrons. The first kappa shape index (κ1) is 14.6. The van der Waals surface area contributed by atoms with Crippen LogP contribution in [-0.4, -0.2) is 12.6 Å². The van der Waals surface area contributed by atoms with Crippen LogP contribution in [0.25, 0.3) is 0 Å². The van der Waals surface area contributed by atoms with E-state index in [-0.39, 0.29) is 5.97 Å². The molecule has 0 saturated heterocycles. The van der Waals surface area contributed by atoms with E-state index < -0.39 is 0 Å². The van der Waals surface area contributed by atoms with Crippen molar-refractivity contribution < 1.29 is 9.53 Å². The predicted octanol–water partition coefficient (Wildman–Crippen LogP) is 4.49. The third-order valence-corrected chi connectivity index (χ3v) is 5.26. The van der Waals surface area contributed by atoms with Crippen molar-refractivity contribution in [3.8, 4) is 0 Å². The molecule has 0 aromatic heterocycles. The van der Waals surface area contributed by atoms with E-state index in [2.05, 4.69) is 26.8 Å². The summed E-state index contributed by atoms with van der Waals surface area (Å²) in [6.45, 7) is 9.27. The maximum Gasteiger partial charge on any atom is 0.302 e. The molecule has 0 heterocycles. The van der Waals surface area contributed by atoms with Gasteiger partial charge in [0.1, 0.15) is 0 Å². The third kappa shape index (κ3) is 3.40. The molecule has 0 spiro atoms.